The molecule has 0 aliphatic carbocycles. The number of esters is 1. The lowest BCUT2D eigenvalue weighted by atomic mass is 10.2. The largest absolute Gasteiger partial charge is 0.479 e. The fraction of sp³-hybridized carbons (Fsp3) is 0.333. The summed E-state index contributed by atoms with van der Waals surface area (Å²) in [5.41, 5.74) is 0.846. The third-order valence-electron chi connectivity index (χ3n) is 2.78. The molecule has 1 atom stereocenters. The van der Waals surface area contributed by atoms with E-state index >= 15 is 0 Å². The van der Waals surface area contributed by atoms with Crippen molar-refractivity contribution in [1.29, 1.82) is 0 Å². The summed E-state index contributed by atoms with van der Waals surface area (Å²) >= 11 is 0. The maximum absolute atomic E-state index is 11.7. The topological polar surface area (TPSA) is 48.4 Å². The average molecular weight is 259 g/mol. The van der Waals surface area contributed by atoms with Gasteiger partial charge in [-0.15, -0.1) is 0 Å². The Labute approximate surface area is 112 Å². The van der Waals surface area contributed by atoms with Crippen LogP contribution in [0.4, 0.5) is 0 Å². The van der Waals surface area contributed by atoms with Crippen molar-refractivity contribution in [3.8, 4) is 5.75 Å². The van der Waals surface area contributed by atoms with Crippen molar-refractivity contribution in [2.24, 2.45) is 0 Å². The van der Waals surface area contributed by atoms with Gasteiger partial charge in [-0.3, -0.25) is 4.98 Å². The molecule has 1 heterocycles. The van der Waals surface area contributed by atoms with Crippen LogP contribution in [0.1, 0.15) is 20.3 Å². The SMILES string of the molecule is CCOC(=O)C(CC)Oc1ccc2cccnc2c1. The second kappa shape index (κ2) is 6.18. The van der Waals surface area contributed by atoms with Gasteiger partial charge in [-0.05, 0) is 31.5 Å². The molecule has 0 aliphatic rings. The van der Waals surface area contributed by atoms with Crippen molar-refractivity contribution in [3.63, 3.8) is 0 Å². The molecular weight excluding hydrogens is 242 g/mol. The van der Waals surface area contributed by atoms with Gasteiger partial charge >= 0.3 is 5.97 Å². The molecule has 0 saturated heterocycles. The van der Waals surface area contributed by atoms with E-state index in [9.17, 15) is 4.79 Å². The second-order valence-electron chi connectivity index (χ2n) is 4.12. The van der Waals surface area contributed by atoms with Gasteiger partial charge in [0, 0.05) is 17.6 Å². The first-order valence-electron chi connectivity index (χ1n) is 6.42. The normalized spacial score (nSPS) is 12.1. The highest BCUT2D eigenvalue weighted by molar-refractivity contribution is 5.80. The molecule has 1 unspecified atom stereocenters. The van der Waals surface area contributed by atoms with Crippen LogP contribution in [0.25, 0.3) is 10.9 Å². The Morgan fingerprint density at radius 3 is 2.89 bits per heavy atom. The maximum atomic E-state index is 11.7. The molecule has 19 heavy (non-hydrogen) atoms. The van der Waals surface area contributed by atoms with E-state index in [0.29, 0.717) is 18.8 Å². The van der Waals surface area contributed by atoms with E-state index < -0.39 is 6.10 Å². The molecule has 4 nitrogen and oxygen atoms in total. The van der Waals surface area contributed by atoms with Gasteiger partial charge in [0.15, 0.2) is 6.10 Å². The van der Waals surface area contributed by atoms with E-state index in [4.69, 9.17) is 9.47 Å². The summed E-state index contributed by atoms with van der Waals surface area (Å²) in [5.74, 6) is 0.303. The predicted octanol–water partition coefficient (Wildman–Crippen LogP) is 2.96. The lowest BCUT2D eigenvalue weighted by Crippen LogP contribution is -2.28. The lowest BCUT2D eigenvalue weighted by Gasteiger charge is -2.16. The van der Waals surface area contributed by atoms with Crippen LogP contribution in [-0.2, 0) is 9.53 Å². The van der Waals surface area contributed by atoms with Gasteiger partial charge in [-0.25, -0.2) is 4.79 Å². The summed E-state index contributed by atoms with van der Waals surface area (Å²) in [7, 11) is 0. The Morgan fingerprint density at radius 2 is 2.16 bits per heavy atom. The molecule has 0 saturated carbocycles. The fourth-order valence-corrected chi connectivity index (χ4v) is 1.82. The molecule has 0 amide bonds. The zero-order valence-corrected chi connectivity index (χ0v) is 11.1. The number of ether oxygens (including phenoxy) is 2. The molecule has 4 heteroatoms. The second-order valence-corrected chi connectivity index (χ2v) is 4.12. The first-order chi connectivity index (χ1) is 9.24. The van der Waals surface area contributed by atoms with E-state index in [1.165, 1.54) is 0 Å². The molecule has 0 spiro atoms. The number of carbonyl (C=O) groups excluding carboxylic acids is 1. The molecule has 2 rings (SSSR count). The van der Waals surface area contributed by atoms with E-state index in [2.05, 4.69) is 4.98 Å². The monoisotopic (exact) mass is 259 g/mol. The van der Waals surface area contributed by atoms with Crippen molar-refractivity contribution in [3.05, 3.63) is 36.5 Å². The van der Waals surface area contributed by atoms with Gasteiger partial charge in [0.2, 0.25) is 0 Å². The highest BCUT2D eigenvalue weighted by Gasteiger charge is 2.19. The van der Waals surface area contributed by atoms with Crippen LogP contribution < -0.4 is 4.74 Å². The number of nitrogens with zero attached hydrogens (tertiary/aromatic N) is 1. The van der Waals surface area contributed by atoms with E-state index in [1.807, 2.05) is 37.3 Å². The number of hydrogen-bond donors (Lipinski definition) is 0. The van der Waals surface area contributed by atoms with Crippen molar-refractivity contribution in [2.75, 3.05) is 6.61 Å². The Balaban J connectivity index is 2.17. The van der Waals surface area contributed by atoms with Crippen molar-refractivity contribution < 1.29 is 14.3 Å². The van der Waals surface area contributed by atoms with Gasteiger partial charge in [-0.1, -0.05) is 13.0 Å². The third-order valence-corrected chi connectivity index (χ3v) is 2.78. The van der Waals surface area contributed by atoms with Crippen LogP contribution in [0.2, 0.25) is 0 Å². The minimum atomic E-state index is -0.568. The smallest absolute Gasteiger partial charge is 0.347 e. The Morgan fingerprint density at radius 1 is 1.32 bits per heavy atom. The Kier molecular flexibility index (Phi) is 4.34. The van der Waals surface area contributed by atoms with Gasteiger partial charge < -0.3 is 9.47 Å². The van der Waals surface area contributed by atoms with Crippen molar-refractivity contribution >= 4 is 16.9 Å². The van der Waals surface area contributed by atoms with Crippen LogP contribution in [-0.4, -0.2) is 23.7 Å². The molecule has 0 radical (unpaired) electrons. The highest BCUT2D eigenvalue weighted by atomic mass is 16.6. The fourth-order valence-electron chi connectivity index (χ4n) is 1.82. The number of fused-ring (bicyclic) bond motifs is 1. The maximum Gasteiger partial charge on any atom is 0.347 e. The number of hydrogen-bond acceptors (Lipinski definition) is 4. The number of carbonyl (C=O) groups is 1. The molecule has 0 bridgehead atoms. The number of benzene rings is 1. The molecule has 1 aromatic carbocycles. The first-order valence-corrected chi connectivity index (χ1v) is 6.42. The molecule has 0 aliphatic heterocycles. The molecule has 1 aromatic heterocycles. The summed E-state index contributed by atoms with van der Waals surface area (Å²) in [6.07, 6.45) is 1.73. The number of rotatable bonds is 5. The van der Waals surface area contributed by atoms with Crippen LogP contribution >= 0.6 is 0 Å². The van der Waals surface area contributed by atoms with Crippen molar-refractivity contribution in [1.82, 2.24) is 4.98 Å². The zero-order valence-electron chi connectivity index (χ0n) is 11.1. The molecule has 0 N–H and O–H groups in total. The first kappa shape index (κ1) is 13.3. The van der Waals surface area contributed by atoms with Crippen LogP contribution in [0.3, 0.4) is 0 Å². The average Bonchev–Trinajstić information content (AvgIpc) is 2.44. The summed E-state index contributed by atoms with van der Waals surface area (Å²) in [6.45, 7) is 4.03. The standard InChI is InChI=1S/C15H17NO3/c1-3-14(15(17)18-4-2)19-12-8-7-11-6-5-9-16-13(11)10-12/h5-10,14H,3-4H2,1-2H3. The molecule has 100 valence electrons. The minimum absolute atomic E-state index is 0.328. The Hall–Kier alpha value is -2.10. The lowest BCUT2D eigenvalue weighted by molar-refractivity contribution is -0.151. The van der Waals surface area contributed by atoms with E-state index in [-0.39, 0.29) is 5.97 Å². The van der Waals surface area contributed by atoms with E-state index in [1.54, 1.807) is 13.1 Å². The summed E-state index contributed by atoms with van der Waals surface area (Å²) < 4.78 is 10.6. The highest BCUT2D eigenvalue weighted by Crippen LogP contribution is 2.20. The quantitative estimate of drug-likeness (QED) is 0.774. The van der Waals surface area contributed by atoms with Crippen LogP contribution in [0.5, 0.6) is 5.75 Å². The summed E-state index contributed by atoms with van der Waals surface area (Å²) in [4.78, 5) is 15.9. The summed E-state index contributed by atoms with van der Waals surface area (Å²) in [6, 6.07) is 9.46. The summed E-state index contributed by atoms with van der Waals surface area (Å²) in [5, 5.41) is 1.04. The van der Waals surface area contributed by atoms with E-state index in [0.717, 1.165) is 10.9 Å². The third kappa shape index (κ3) is 3.22. The number of aromatic nitrogens is 1. The Bertz CT molecular complexity index is 568. The van der Waals surface area contributed by atoms with Gasteiger partial charge in [0.05, 0.1) is 12.1 Å². The predicted molar refractivity (Wildman–Crippen MR) is 73.1 cm³/mol. The van der Waals surface area contributed by atoms with Crippen molar-refractivity contribution in [2.45, 2.75) is 26.4 Å². The van der Waals surface area contributed by atoms with Crippen LogP contribution in [0.15, 0.2) is 36.5 Å². The zero-order chi connectivity index (χ0) is 13.7. The van der Waals surface area contributed by atoms with Gasteiger partial charge in [0.1, 0.15) is 5.75 Å². The molecule has 2 aromatic rings. The van der Waals surface area contributed by atoms with Gasteiger partial charge in [-0.2, -0.15) is 0 Å². The molecule has 0 fully saturated rings. The number of pyridine rings is 1. The van der Waals surface area contributed by atoms with Gasteiger partial charge in [0.25, 0.3) is 0 Å². The molecular formula is C15H17NO3. The minimum Gasteiger partial charge on any atom is -0.479 e. The van der Waals surface area contributed by atoms with Crippen LogP contribution in [0, 0.1) is 0 Å².